The minimum atomic E-state index is -3.48. The molecule has 35 heavy (non-hydrogen) atoms. The number of amides is 1. The molecule has 4 aliphatic heterocycles. The van der Waals surface area contributed by atoms with Gasteiger partial charge in [0.15, 0.2) is 5.82 Å². The molecule has 0 aromatic carbocycles. The van der Waals surface area contributed by atoms with E-state index in [-0.39, 0.29) is 11.8 Å². The number of ether oxygens (including phenoxy) is 2. The summed E-state index contributed by atoms with van der Waals surface area (Å²) < 4.78 is 45.1. The number of nitrogens with zero attached hydrogens (tertiary/aromatic N) is 5. The molecule has 5 rings (SSSR count). The van der Waals surface area contributed by atoms with E-state index in [9.17, 15) is 13.2 Å². The van der Waals surface area contributed by atoms with Gasteiger partial charge in [-0.1, -0.05) is 5.16 Å². The molecule has 1 aromatic rings. The molecule has 4 aliphatic rings. The summed E-state index contributed by atoms with van der Waals surface area (Å²) in [6, 6.07) is 0. The first kappa shape index (κ1) is 25.1. The summed E-state index contributed by atoms with van der Waals surface area (Å²) >= 11 is 0. The number of aromatic nitrogens is 2. The van der Waals surface area contributed by atoms with Crippen molar-refractivity contribution in [3.63, 3.8) is 0 Å². The molecule has 4 saturated heterocycles. The number of hydrogen-bond donors (Lipinski definition) is 0. The van der Waals surface area contributed by atoms with E-state index in [1.165, 1.54) is 8.61 Å². The monoisotopic (exact) mass is 511 g/mol. The van der Waals surface area contributed by atoms with Crippen LogP contribution in [0.25, 0.3) is 0 Å². The highest BCUT2D eigenvalue weighted by Gasteiger charge is 2.37. The van der Waals surface area contributed by atoms with Crippen LogP contribution in [-0.2, 0) is 30.9 Å². The lowest BCUT2D eigenvalue weighted by Crippen LogP contribution is -2.52. The lowest BCUT2D eigenvalue weighted by Gasteiger charge is -2.38. The van der Waals surface area contributed by atoms with Crippen LogP contribution < -0.4 is 0 Å². The average Bonchev–Trinajstić information content (AvgIpc) is 3.38. The Morgan fingerprint density at radius 1 is 0.886 bits per heavy atom. The normalized spacial score (nSPS) is 26.7. The van der Waals surface area contributed by atoms with Crippen molar-refractivity contribution in [3.05, 3.63) is 11.7 Å². The number of hydrogen-bond acceptors (Lipinski definition) is 8. The van der Waals surface area contributed by atoms with Crippen LogP contribution in [-0.4, -0.2) is 104 Å². The Labute approximate surface area is 207 Å². The van der Waals surface area contributed by atoms with Crippen molar-refractivity contribution in [3.8, 4) is 0 Å². The molecule has 1 atom stereocenters. The van der Waals surface area contributed by atoms with E-state index < -0.39 is 10.2 Å². The minimum Gasteiger partial charge on any atom is -0.381 e. The van der Waals surface area contributed by atoms with Crippen molar-refractivity contribution in [1.29, 1.82) is 0 Å². The third-order valence-electron chi connectivity index (χ3n) is 7.79. The molecule has 196 valence electrons. The Morgan fingerprint density at radius 3 is 2.31 bits per heavy atom. The Kier molecular flexibility index (Phi) is 8.02. The second-order valence-electron chi connectivity index (χ2n) is 10.1. The first-order valence-electron chi connectivity index (χ1n) is 13.0. The molecule has 1 unspecified atom stereocenters. The summed E-state index contributed by atoms with van der Waals surface area (Å²) in [5.41, 5.74) is 0. The highest BCUT2D eigenvalue weighted by atomic mass is 32.2. The molecule has 0 bridgehead atoms. The molecule has 0 spiro atoms. The van der Waals surface area contributed by atoms with Gasteiger partial charge in [-0.3, -0.25) is 4.79 Å². The van der Waals surface area contributed by atoms with Crippen molar-refractivity contribution >= 4 is 16.1 Å². The van der Waals surface area contributed by atoms with E-state index in [1.807, 2.05) is 4.90 Å². The van der Waals surface area contributed by atoms with Gasteiger partial charge in [-0.25, -0.2) is 0 Å². The summed E-state index contributed by atoms with van der Waals surface area (Å²) in [6.07, 6.45) is 5.69. The quantitative estimate of drug-likeness (QED) is 0.556. The Hall–Kier alpha value is -1.60. The van der Waals surface area contributed by atoms with E-state index in [1.54, 1.807) is 0 Å². The zero-order valence-electron chi connectivity index (χ0n) is 20.3. The molecular formula is C23H37N5O6S. The van der Waals surface area contributed by atoms with Gasteiger partial charge in [0, 0.05) is 70.7 Å². The predicted molar refractivity (Wildman–Crippen MR) is 126 cm³/mol. The van der Waals surface area contributed by atoms with Crippen LogP contribution in [0.5, 0.6) is 0 Å². The maximum atomic E-state index is 13.3. The Morgan fingerprint density at radius 2 is 1.57 bits per heavy atom. The zero-order chi connectivity index (χ0) is 24.3. The Bertz CT molecular complexity index is 951. The number of carbonyl (C=O) groups excluding carboxylic acids is 1. The lowest BCUT2D eigenvalue weighted by atomic mass is 9.91. The summed E-state index contributed by atoms with van der Waals surface area (Å²) in [6.45, 7) is 5.39. The highest BCUT2D eigenvalue weighted by molar-refractivity contribution is 7.86. The van der Waals surface area contributed by atoms with Crippen LogP contribution in [0.2, 0.25) is 0 Å². The molecule has 0 N–H and O–H groups in total. The Balaban J connectivity index is 1.11. The van der Waals surface area contributed by atoms with Crippen LogP contribution in [0, 0.1) is 11.8 Å². The minimum absolute atomic E-state index is 0.117. The van der Waals surface area contributed by atoms with Crippen LogP contribution in [0.15, 0.2) is 4.52 Å². The summed E-state index contributed by atoms with van der Waals surface area (Å²) in [4.78, 5) is 19.9. The SMILES string of the molecule is O=C(C1CCN(S(=O)(=O)N2CCOCC2)CC1)N1CCCC(Cc2nc(C3CCOCC3)no2)C1. The third-order valence-corrected chi connectivity index (χ3v) is 9.83. The van der Waals surface area contributed by atoms with Gasteiger partial charge in [0.05, 0.1) is 13.2 Å². The largest absolute Gasteiger partial charge is 0.381 e. The lowest BCUT2D eigenvalue weighted by molar-refractivity contribution is -0.138. The molecule has 4 fully saturated rings. The maximum Gasteiger partial charge on any atom is 0.282 e. The molecule has 0 radical (unpaired) electrons. The van der Waals surface area contributed by atoms with Gasteiger partial charge in [0.25, 0.3) is 10.2 Å². The second kappa shape index (κ2) is 11.2. The number of piperidine rings is 2. The fourth-order valence-electron chi connectivity index (χ4n) is 5.68. The van der Waals surface area contributed by atoms with Crippen molar-refractivity contribution in [2.75, 3.05) is 65.7 Å². The fraction of sp³-hybridized carbons (Fsp3) is 0.870. The summed E-state index contributed by atoms with van der Waals surface area (Å²) in [5, 5.41) is 4.21. The second-order valence-corrected chi connectivity index (χ2v) is 12.1. The van der Waals surface area contributed by atoms with Crippen molar-refractivity contribution in [1.82, 2.24) is 23.7 Å². The van der Waals surface area contributed by atoms with Gasteiger partial charge < -0.3 is 18.9 Å². The highest BCUT2D eigenvalue weighted by Crippen LogP contribution is 2.28. The molecule has 5 heterocycles. The van der Waals surface area contributed by atoms with Gasteiger partial charge >= 0.3 is 0 Å². The van der Waals surface area contributed by atoms with E-state index in [0.717, 1.165) is 51.3 Å². The van der Waals surface area contributed by atoms with Crippen LogP contribution >= 0.6 is 0 Å². The van der Waals surface area contributed by atoms with Gasteiger partial charge in [-0.15, -0.1) is 0 Å². The van der Waals surface area contributed by atoms with E-state index in [2.05, 4.69) is 10.1 Å². The van der Waals surface area contributed by atoms with Crippen molar-refractivity contribution < 1.29 is 27.2 Å². The third kappa shape index (κ3) is 5.87. The number of rotatable bonds is 6. The van der Waals surface area contributed by atoms with Crippen LogP contribution in [0.4, 0.5) is 0 Å². The zero-order valence-corrected chi connectivity index (χ0v) is 21.2. The molecular weight excluding hydrogens is 474 g/mol. The fourth-order valence-corrected chi connectivity index (χ4v) is 7.29. The molecule has 0 saturated carbocycles. The first-order valence-corrected chi connectivity index (χ1v) is 14.4. The van der Waals surface area contributed by atoms with Crippen molar-refractivity contribution in [2.24, 2.45) is 11.8 Å². The topological polar surface area (TPSA) is 118 Å². The van der Waals surface area contributed by atoms with E-state index >= 15 is 0 Å². The first-order chi connectivity index (χ1) is 17.0. The van der Waals surface area contributed by atoms with Crippen LogP contribution in [0.3, 0.4) is 0 Å². The molecule has 12 heteroatoms. The standard InChI is InChI=1S/C23H37N5O6S/c29-23(20-3-8-27(9-4-20)35(30,31)28-10-14-33-15-11-28)26-7-1-2-18(17-26)16-21-24-22(25-34-21)19-5-12-32-13-6-19/h18-20H,1-17H2. The smallest absolute Gasteiger partial charge is 0.282 e. The predicted octanol–water partition coefficient (Wildman–Crippen LogP) is 1.03. The van der Waals surface area contributed by atoms with E-state index in [0.29, 0.717) is 82.9 Å². The van der Waals surface area contributed by atoms with Gasteiger partial charge in [-0.2, -0.15) is 22.0 Å². The molecule has 11 nitrogen and oxygen atoms in total. The molecule has 1 aromatic heterocycles. The summed E-state index contributed by atoms with van der Waals surface area (Å²) in [5.74, 6) is 2.10. The van der Waals surface area contributed by atoms with Gasteiger partial charge in [0.1, 0.15) is 0 Å². The van der Waals surface area contributed by atoms with E-state index in [4.69, 9.17) is 14.0 Å². The van der Waals surface area contributed by atoms with Crippen molar-refractivity contribution in [2.45, 2.75) is 50.9 Å². The molecule has 0 aliphatic carbocycles. The number of carbonyl (C=O) groups is 1. The maximum absolute atomic E-state index is 13.3. The number of morpholine rings is 1. The van der Waals surface area contributed by atoms with Crippen LogP contribution in [0.1, 0.15) is 56.2 Å². The summed E-state index contributed by atoms with van der Waals surface area (Å²) in [7, 11) is -3.48. The average molecular weight is 512 g/mol. The van der Waals surface area contributed by atoms with Gasteiger partial charge in [0.2, 0.25) is 11.8 Å². The molecule has 1 amide bonds. The number of likely N-dealkylation sites (tertiary alicyclic amines) is 1. The van der Waals surface area contributed by atoms with Gasteiger partial charge in [-0.05, 0) is 44.4 Å².